The minimum Gasteiger partial charge on any atom is -0.487 e. The highest BCUT2D eigenvalue weighted by atomic mass is 32.1. The number of thiazole rings is 1. The van der Waals surface area contributed by atoms with E-state index in [1.54, 1.807) is 17.4 Å². The van der Waals surface area contributed by atoms with Gasteiger partial charge in [0.05, 0.1) is 10.7 Å². The minimum absolute atomic E-state index is 0.0357. The molecule has 0 spiro atoms. The third kappa shape index (κ3) is 5.68. The first-order valence-electron chi connectivity index (χ1n) is 10.4. The number of benzene rings is 2. The Kier molecular flexibility index (Phi) is 6.77. The molecule has 30 heavy (non-hydrogen) atoms. The molecule has 0 bridgehead atoms. The molecular weight excluding hydrogens is 394 g/mol. The van der Waals surface area contributed by atoms with E-state index >= 15 is 0 Å². The monoisotopic (exact) mass is 421 g/mol. The van der Waals surface area contributed by atoms with E-state index in [0.29, 0.717) is 17.9 Å². The SMILES string of the molecule is Cc1nc(COc2cccc(C(=O)NC3CCN(Cc4ccccc4)CC3)c2)cs1. The average molecular weight is 422 g/mol. The Morgan fingerprint density at radius 3 is 2.70 bits per heavy atom. The fourth-order valence-electron chi connectivity index (χ4n) is 3.70. The molecule has 1 aromatic heterocycles. The van der Waals surface area contributed by atoms with E-state index in [2.05, 4.69) is 39.5 Å². The zero-order valence-corrected chi connectivity index (χ0v) is 18.0. The number of carbonyl (C=O) groups excluding carboxylic acids is 1. The van der Waals surface area contributed by atoms with Gasteiger partial charge in [-0.1, -0.05) is 36.4 Å². The van der Waals surface area contributed by atoms with E-state index in [9.17, 15) is 4.79 Å². The van der Waals surface area contributed by atoms with Crippen LogP contribution in [0.4, 0.5) is 0 Å². The molecule has 0 saturated carbocycles. The smallest absolute Gasteiger partial charge is 0.251 e. The van der Waals surface area contributed by atoms with E-state index < -0.39 is 0 Å². The number of nitrogens with one attached hydrogen (secondary N) is 1. The van der Waals surface area contributed by atoms with E-state index in [1.807, 2.05) is 36.6 Å². The fraction of sp³-hybridized carbons (Fsp3) is 0.333. The third-order valence-electron chi connectivity index (χ3n) is 5.32. The van der Waals surface area contributed by atoms with Crippen LogP contribution in [0, 0.1) is 6.92 Å². The van der Waals surface area contributed by atoms with Crippen LogP contribution >= 0.6 is 11.3 Å². The summed E-state index contributed by atoms with van der Waals surface area (Å²) >= 11 is 1.61. The number of likely N-dealkylation sites (tertiary alicyclic amines) is 1. The van der Waals surface area contributed by atoms with E-state index in [0.717, 1.165) is 43.2 Å². The van der Waals surface area contributed by atoms with Crippen molar-refractivity contribution in [2.75, 3.05) is 13.1 Å². The number of aromatic nitrogens is 1. The summed E-state index contributed by atoms with van der Waals surface area (Å²) in [6, 6.07) is 18.1. The van der Waals surface area contributed by atoms with Gasteiger partial charge in [0.25, 0.3) is 5.91 Å². The summed E-state index contributed by atoms with van der Waals surface area (Å²) in [4.78, 5) is 19.6. The van der Waals surface area contributed by atoms with Gasteiger partial charge in [0, 0.05) is 36.6 Å². The lowest BCUT2D eigenvalue weighted by Crippen LogP contribution is -2.44. The molecule has 2 aromatic carbocycles. The second-order valence-corrected chi connectivity index (χ2v) is 8.75. The Balaban J connectivity index is 1.26. The molecule has 0 atom stereocenters. The third-order valence-corrected chi connectivity index (χ3v) is 6.14. The summed E-state index contributed by atoms with van der Waals surface area (Å²) in [5.74, 6) is 0.650. The van der Waals surface area contributed by atoms with Crippen molar-refractivity contribution in [3.05, 3.63) is 81.8 Å². The maximum absolute atomic E-state index is 12.7. The summed E-state index contributed by atoms with van der Waals surface area (Å²) in [7, 11) is 0. The van der Waals surface area contributed by atoms with Crippen molar-refractivity contribution in [3.63, 3.8) is 0 Å². The molecule has 0 radical (unpaired) electrons. The Hall–Kier alpha value is -2.70. The number of rotatable bonds is 7. The first-order chi connectivity index (χ1) is 14.7. The molecule has 4 rings (SSSR count). The first-order valence-corrected chi connectivity index (χ1v) is 11.2. The van der Waals surface area contributed by atoms with E-state index in [1.165, 1.54) is 5.56 Å². The van der Waals surface area contributed by atoms with Gasteiger partial charge in [-0.15, -0.1) is 11.3 Å². The summed E-state index contributed by atoms with van der Waals surface area (Å²) in [5, 5.41) is 6.21. The minimum atomic E-state index is -0.0357. The summed E-state index contributed by atoms with van der Waals surface area (Å²) < 4.78 is 5.81. The number of hydrogen-bond acceptors (Lipinski definition) is 5. The van der Waals surface area contributed by atoms with Crippen molar-refractivity contribution in [3.8, 4) is 5.75 Å². The second kappa shape index (κ2) is 9.87. The number of amides is 1. The van der Waals surface area contributed by atoms with Gasteiger partial charge in [0.15, 0.2) is 0 Å². The highest BCUT2D eigenvalue weighted by Gasteiger charge is 2.21. The lowest BCUT2D eigenvalue weighted by molar-refractivity contribution is 0.0908. The topological polar surface area (TPSA) is 54.5 Å². The number of hydrogen-bond donors (Lipinski definition) is 1. The molecule has 156 valence electrons. The van der Waals surface area contributed by atoms with E-state index in [4.69, 9.17) is 4.74 Å². The lowest BCUT2D eigenvalue weighted by atomic mass is 10.0. The standard InChI is InChI=1S/C24H27N3O2S/c1-18-25-22(17-30-18)16-29-23-9-5-8-20(14-23)24(28)26-21-10-12-27(13-11-21)15-19-6-3-2-4-7-19/h2-9,14,17,21H,10-13,15-16H2,1H3,(H,26,28). The van der Waals surface area contributed by atoms with Crippen LogP contribution in [0.3, 0.4) is 0 Å². The van der Waals surface area contributed by atoms with Crippen molar-refractivity contribution in [1.82, 2.24) is 15.2 Å². The number of carbonyl (C=O) groups is 1. The quantitative estimate of drug-likeness (QED) is 0.613. The number of aryl methyl sites for hydroxylation is 1. The largest absolute Gasteiger partial charge is 0.487 e. The Morgan fingerprint density at radius 2 is 1.97 bits per heavy atom. The maximum Gasteiger partial charge on any atom is 0.251 e. The highest BCUT2D eigenvalue weighted by molar-refractivity contribution is 7.09. The van der Waals surface area contributed by atoms with Crippen LogP contribution < -0.4 is 10.1 Å². The van der Waals surface area contributed by atoms with Crippen LogP contribution in [0.15, 0.2) is 60.0 Å². The van der Waals surface area contributed by atoms with Crippen molar-refractivity contribution in [2.45, 2.75) is 39.0 Å². The van der Waals surface area contributed by atoms with Crippen LogP contribution in [0.25, 0.3) is 0 Å². The number of ether oxygens (including phenoxy) is 1. The van der Waals surface area contributed by atoms with Crippen molar-refractivity contribution in [1.29, 1.82) is 0 Å². The zero-order chi connectivity index (χ0) is 20.8. The molecule has 1 fully saturated rings. The molecule has 5 nitrogen and oxygen atoms in total. The van der Waals surface area contributed by atoms with Crippen LogP contribution in [0.1, 0.15) is 39.5 Å². The molecule has 3 aromatic rings. The molecule has 0 unspecified atom stereocenters. The van der Waals surface area contributed by atoms with Crippen molar-refractivity contribution in [2.24, 2.45) is 0 Å². The molecule has 1 aliphatic heterocycles. The summed E-state index contributed by atoms with van der Waals surface area (Å²) in [6.07, 6.45) is 1.94. The van der Waals surface area contributed by atoms with Gasteiger partial charge in [-0.3, -0.25) is 9.69 Å². The van der Waals surface area contributed by atoms with Crippen molar-refractivity contribution >= 4 is 17.2 Å². The normalized spacial score (nSPS) is 15.1. The van der Waals surface area contributed by atoms with Gasteiger partial charge < -0.3 is 10.1 Å². The van der Waals surface area contributed by atoms with Crippen LogP contribution in [-0.4, -0.2) is 34.9 Å². The predicted octanol–water partition coefficient (Wildman–Crippen LogP) is 4.42. The maximum atomic E-state index is 12.7. The molecular formula is C24H27N3O2S. The van der Waals surface area contributed by atoms with Crippen LogP contribution in [0.2, 0.25) is 0 Å². The molecule has 6 heteroatoms. The Morgan fingerprint density at radius 1 is 1.17 bits per heavy atom. The molecule has 1 amide bonds. The average Bonchev–Trinajstić information content (AvgIpc) is 3.20. The van der Waals surface area contributed by atoms with Gasteiger partial charge in [-0.25, -0.2) is 4.98 Å². The number of piperidine rings is 1. The Bertz CT molecular complexity index is 965. The lowest BCUT2D eigenvalue weighted by Gasteiger charge is -2.32. The first kappa shape index (κ1) is 20.6. The van der Waals surface area contributed by atoms with Gasteiger partial charge in [0.2, 0.25) is 0 Å². The second-order valence-electron chi connectivity index (χ2n) is 7.68. The van der Waals surface area contributed by atoms with Crippen LogP contribution in [0.5, 0.6) is 5.75 Å². The summed E-state index contributed by atoms with van der Waals surface area (Å²) in [6.45, 7) is 5.35. The van der Waals surface area contributed by atoms with Gasteiger partial charge in [-0.05, 0) is 43.5 Å². The van der Waals surface area contributed by atoms with Crippen molar-refractivity contribution < 1.29 is 9.53 Å². The van der Waals surface area contributed by atoms with E-state index in [-0.39, 0.29) is 11.9 Å². The molecule has 1 saturated heterocycles. The summed E-state index contributed by atoms with van der Waals surface area (Å²) in [5.41, 5.74) is 2.88. The molecule has 1 aliphatic rings. The molecule has 0 aliphatic carbocycles. The van der Waals surface area contributed by atoms with Gasteiger partial charge in [0.1, 0.15) is 12.4 Å². The van der Waals surface area contributed by atoms with Gasteiger partial charge >= 0.3 is 0 Å². The Labute approximate surface area is 181 Å². The van der Waals surface area contributed by atoms with Crippen LogP contribution in [-0.2, 0) is 13.2 Å². The molecule has 2 heterocycles. The van der Waals surface area contributed by atoms with Gasteiger partial charge in [-0.2, -0.15) is 0 Å². The predicted molar refractivity (Wildman–Crippen MR) is 120 cm³/mol. The number of nitrogens with zero attached hydrogens (tertiary/aromatic N) is 2. The fourth-order valence-corrected chi connectivity index (χ4v) is 4.30. The zero-order valence-electron chi connectivity index (χ0n) is 17.2. The highest BCUT2D eigenvalue weighted by Crippen LogP contribution is 2.18. The molecule has 1 N–H and O–H groups in total.